The molecule has 1 unspecified atom stereocenters. The van der Waals surface area contributed by atoms with Crippen molar-refractivity contribution in [3.8, 4) is 0 Å². The maximum atomic E-state index is 12.1. The summed E-state index contributed by atoms with van der Waals surface area (Å²) in [7, 11) is 0. The molecule has 1 aliphatic heterocycles. The highest BCUT2D eigenvalue weighted by atomic mass is 35.5. The molecule has 1 aromatic carbocycles. The van der Waals surface area contributed by atoms with E-state index in [2.05, 4.69) is 0 Å². The van der Waals surface area contributed by atoms with E-state index in [1.54, 1.807) is 12.1 Å². The van der Waals surface area contributed by atoms with Crippen molar-refractivity contribution in [2.75, 3.05) is 26.2 Å². The molecule has 0 aromatic heterocycles. The molecule has 0 saturated carbocycles. The molecule has 1 saturated heterocycles. The molecule has 6 heteroatoms. The molecular weight excluding hydrogens is 287 g/mol. The van der Waals surface area contributed by atoms with Gasteiger partial charge in [-0.3, -0.25) is 4.79 Å². The van der Waals surface area contributed by atoms with E-state index in [0.717, 1.165) is 5.56 Å². The van der Waals surface area contributed by atoms with Gasteiger partial charge in [-0.05, 0) is 17.7 Å². The van der Waals surface area contributed by atoms with Crippen LogP contribution in [-0.4, -0.2) is 43.2 Å². The van der Waals surface area contributed by atoms with Gasteiger partial charge < -0.3 is 15.4 Å². The molecular formula is C13H18Cl2N2O2. The number of hydrogen-bond donors (Lipinski definition) is 1. The van der Waals surface area contributed by atoms with Gasteiger partial charge in [-0.1, -0.05) is 23.7 Å². The molecule has 0 bridgehead atoms. The van der Waals surface area contributed by atoms with Crippen molar-refractivity contribution >= 4 is 29.9 Å². The maximum Gasteiger partial charge on any atom is 0.227 e. The number of rotatable bonds is 3. The third-order valence-corrected chi connectivity index (χ3v) is 3.27. The molecule has 1 amide bonds. The van der Waals surface area contributed by atoms with Gasteiger partial charge in [0.2, 0.25) is 5.91 Å². The van der Waals surface area contributed by atoms with Crippen LogP contribution in [0.3, 0.4) is 0 Å². The Labute approximate surface area is 124 Å². The second kappa shape index (κ2) is 7.70. The molecule has 1 aromatic rings. The van der Waals surface area contributed by atoms with Crippen LogP contribution in [0.2, 0.25) is 5.02 Å². The van der Waals surface area contributed by atoms with Crippen molar-refractivity contribution in [2.45, 2.75) is 12.5 Å². The number of benzene rings is 1. The number of halogens is 2. The number of hydrogen-bond acceptors (Lipinski definition) is 3. The summed E-state index contributed by atoms with van der Waals surface area (Å²) in [6, 6.07) is 7.35. The van der Waals surface area contributed by atoms with Crippen molar-refractivity contribution in [3.05, 3.63) is 34.9 Å². The molecule has 0 spiro atoms. The number of carbonyl (C=O) groups excluding carboxylic acids is 1. The van der Waals surface area contributed by atoms with Crippen LogP contribution in [0.1, 0.15) is 5.56 Å². The number of amides is 1. The van der Waals surface area contributed by atoms with Crippen LogP contribution in [0.4, 0.5) is 0 Å². The highest BCUT2D eigenvalue weighted by Crippen LogP contribution is 2.12. The third kappa shape index (κ3) is 4.66. The standard InChI is InChI=1S/C13H17ClN2O2.ClH/c14-11-3-1-10(2-4-11)7-13(17)16-5-6-18-12(8-15)9-16;/h1-4,12H,5-9,15H2;1H. The second-order valence-electron chi connectivity index (χ2n) is 4.37. The fourth-order valence-corrected chi connectivity index (χ4v) is 2.10. The first kappa shape index (κ1) is 16.2. The van der Waals surface area contributed by atoms with Crippen LogP contribution in [0.5, 0.6) is 0 Å². The van der Waals surface area contributed by atoms with Gasteiger partial charge in [-0.15, -0.1) is 12.4 Å². The Bertz CT molecular complexity index is 412. The summed E-state index contributed by atoms with van der Waals surface area (Å²) in [5.41, 5.74) is 6.53. The summed E-state index contributed by atoms with van der Waals surface area (Å²) in [5, 5.41) is 0.681. The van der Waals surface area contributed by atoms with Gasteiger partial charge in [0.25, 0.3) is 0 Å². The smallest absolute Gasteiger partial charge is 0.227 e. The number of carbonyl (C=O) groups is 1. The van der Waals surface area contributed by atoms with Gasteiger partial charge in [-0.2, -0.15) is 0 Å². The van der Waals surface area contributed by atoms with Gasteiger partial charge in [-0.25, -0.2) is 0 Å². The van der Waals surface area contributed by atoms with E-state index in [9.17, 15) is 4.79 Å². The number of ether oxygens (including phenoxy) is 1. The second-order valence-corrected chi connectivity index (χ2v) is 4.81. The monoisotopic (exact) mass is 304 g/mol. The first-order valence-electron chi connectivity index (χ1n) is 6.03. The quantitative estimate of drug-likeness (QED) is 0.920. The van der Waals surface area contributed by atoms with Gasteiger partial charge in [0.15, 0.2) is 0 Å². The Morgan fingerprint density at radius 2 is 2.11 bits per heavy atom. The van der Waals surface area contributed by atoms with E-state index in [0.29, 0.717) is 37.7 Å². The summed E-state index contributed by atoms with van der Waals surface area (Å²) in [4.78, 5) is 13.9. The molecule has 2 N–H and O–H groups in total. The van der Waals surface area contributed by atoms with Crippen LogP contribution in [0.25, 0.3) is 0 Å². The third-order valence-electron chi connectivity index (χ3n) is 3.02. The maximum absolute atomic E-state index is 12.1. The summed E-state index contributed by atoms with van der Waals surface area (Å²) in [5.74, 6) is 0.110. The minimum absolute atomic E-state index is 0. The molecule has 1 heterocycles. The van der Waals surface area contributed by atoms with Gasteiger partial charge in [0, 0.05) is 24.7 Å². The number of nitrogens with two attached hydrogens (primary N) is 1. The Hall–Kier alpha value is -0.810. The van der Waals surface area contributed by atoms with Crippen LogP contribution < -0.4 is 5.73 Å². The van der Waals surface area contributed by atoms with Crippen molar-refractivity contribution in [3.63, 3.8) is 0 Å². The van der Waals surface area contributed by atoms with Crippen molar-refractivity contribution in [2.24, 2.45) is 5.73 Å². The molecule has 106 valence electrons. The first-order valence-corrected chi connectivity index (χ1v) is 6.40. The molecule has 0 aliphatic carbocycles. The van der Waals surface area contributed by atoms with Crippen molar-refractivity contribution < 1.29 is 9.53 Å². The summed E-state index contributed by atoms with van der Waals surface area (Å²) in [6.45, 7) is 2.24. The highest BCUT2D eigenvalue weighted by molar-refractivity contribution is 6.30. The highest BCUT2D eigenvalue weighted by Gasteiger charge is 2.23. The molecule has 1 atom stereocenters. The lowest BCUT2D eigenvalue weighted by molar-refractivity contribution is -0.137. The van der Waals surface area contributed by atoms with Crippen molar-refractivity contribution in [1.82, 2.24) is 4.90 Å². The number of nitrogens with zero attached hydrogens (tertiary/aromatic N) is 1. The van der Waals surface area contributed by atoms with E-state index >= 15 is 0 Å². The molecule has 1 aliphatic rings. The Morgan fingerprint density at radius 3 is 2.74 bits per heavy atom. The first-order chi connectivity index (χ1) is 8.69. The van der Waals surface area contributed by atoms with E-state index in [1.807, 2.05) is 17.0 Å². The van der Waals surface area contributed by atoms with E-state index in [-0.39, 0.29) is 24.4 Å². The van der Waals surface area contributed by atoms with Gasteiger partial charge in [0.05, 0.1) is 19.1 Å². The predicted octanol–water partition coefficient (Wildman–Crippen LogP) is 1.49. The lowest BCUT2D eigenvalue weighted by Crippen LogP contribution is -2.48. The lowest BCUT2D eigenvalue weighted by Gasteiger charge is -2.32. The average Bonchev–Trinajstić information content (AvgIpc) is 2.41. The average molecular weight is 305 g/mol. The SMILES string of the molecule is Cl.NCC1CN(C(=O)Cc2ccc(Cl)cc2)CCO1. The molecule has 1 fully saturated rings. The zero-order chi connectivity index (χ0) is 13.0. The largest absolute Gasteiger partial charge is 0.373 e. The topological polar surface area (TPSA) is 55.6 Å². The lowest BCUT2D eigenvalue weighted by atomic mass is 10.1. The zero-order valence-corrected chi connectivity index (χ0v) is 12.1. The van der Waals surface area contributed by atoms with E-state index in [4.69, 9.17) is 22.1 Å². The van der Waals surface area contributed by atoms with Crippen LogP contribution in [0.15, 0.2) is 24.3 Å². The normalized spacial score (nSPS) is 18.8. The molecule has 19 heavy (non-hydrogen) atoms. The van der Waals surface area contributed by atoms with Crippen LogP contribution >= 0.6 is 24.0 Å². The van der Waals surface area contributed by atoms with E-state index < -0.39 is 0 Å². The Kier molecular flexibility index (Phi) is 6.58. The summed E-state index contributed by atoms with van der Waals surface area (Å²) < 4.78 is 5.44. The predicted molar refractivity (Wildman–Crippen MR) is 77.8 cm³/mol. The molecule has 4 nitrogen and oxygen atoms in total. The van der Waals surface area contributed by atoms with Gasteiger partial charge in [0.1, 0.15) is 0 Å². The molecule has 0 radical (unpaired) electrons. The summed E-state index contributed by atoms with van der Waals surface area (Å²) >= 11 is 5.81. The van der Waals surface area contributed by atoms with Gasteiger partial charge >= 0.3 is 0 Å². The summed E-state index contributed by atoms with van der Waals surface area (Å²) in [6.07, 6.45) is 0.363. The fourth-order valence-electron chi connectivity index (χ4n) is 1.98. The van der Waals surface area contributed by atoms with Crippen LogP contribution in [0, 0.1) is 0 Å². The Morgan fingerprint density at radius 1 is 1.42 bits per heavy atom. The molecule has 2 rings (SSSR count). The minimum atomic E-state index is -0.0343. The number of morpholine rings is 1. The minimum Gasteiger partial charge on any atom is -0.373 e. The van der Waals surface area contributed by atoms with Crippen LogP contribution in [-0.2, 0) is 16.0 Å². The Balaban J connectivity index is 0.00000180. The zero-order valence-electron chi connectivity index (χ0n) is 10.5. The van der Waals surface area contributed by atoms with Crippen molar-refractivity contribution in [1.29, 1.82) is 0 Å². The fraction of sp³-hybridized carbons (Fsp3) is 0.462. The van der Waals surface area contributed by atoms with E-state index in [1.165, 1.54) is 0 Å².